The van der Waals surface area contributed by atoms with Crippen LogP contribution in [0.25, 0.3) is 0 Å². The standard InChI is InChI=1S/C10H14ClNS2/c1-13-5-2-6-14-8-3-4-10(12)9(11)7-8/h3-4,7H,2,5-6,12H2,1H3. The van der Waals surface area contributed by atoms with E-state index >= 15 is 0 Å². The first kappa shape index (κ1) is 12.1. The largest absolute Gasteiger partial charge is 0.398 e. The van der Waals surface area contributed by atoms with E-state index in [1.807, 2.05) is 41.7 Å². The van der Waals surface area contributed by atoms with E-state index in [1.54, 1.807) is 0 Å². The molecular formula is C10H14ClNS2. The summed E-state index contributed by atoms with van der Waals surface area (Å²) >= 11 is 9.62. The summed E-state index contributed by atoms with van der Waals surface area (Å²) in [4.78, 5) is 1.20. The smallest absolute Gasteiger partial charge is 0.0646 e. The van der Waals surface area contributed by atoms with Crippen molar-refractivity contribution in [3.8, 4) is 0 Å². The number of nitrogen functional groups attached to an aromatic ring is 1. The van der Waals surface area contributed by atoms with Gasteiger partial charge >= 0.3 is 0 Å². The third kappa shape index (κ3) is 4.03. The highest BCUT2D eigenvalue weighted by Crippen LogP contribution is 2.26. The predicted molar refractivity (Wildman–Crippen MR) is 69.6 cm³/mol. The van der Waals surface area contributed by atoms with Gasteiger partial charge in [0.15, 0.2) is 0 Å². The van der Waals surface area contributed by atoms with Gasteiger partial charge in [-0.2, -0.15) is 11.8 Å². The van der Waals surface area contributed by atoms with Gasteiger partial charge in [0.05, 0.1) is 10.7 Å². The van der Waals surface area contributed by atoms with Crippen molar-refractivity contribution in [1.29, 1.82) is 0 Å². The summed E-state index contributed by atoms with van der Waals surface area (Å²) in [5.41, 5.74) is 6.27. The van der Waals surface area contributed by atoms with E-state index in [-0.39, 0.29) is 0 Å². The maximum absolute atomic E-state index is 5.91. The molecule has 0 aliphatic heterocycles. The molecule has 78 valence electrons. The summed E-state index contributed by atoms with van der Waals surface area (Å²) in [5, 5.41) is 0.653. The fraction of sp³-hybridized carbons (Fsp3) is 0.400. The van der Waals surface area contributed by atoms with Gasteiger partial charge in [0.25, 0.3) is 0 Å². The Morgan fingerprint density at radius 2 is 2.14 bits per heavy atom. The number of hydrogen-bond donors (Lipinski definition) is 1. The van der Waals surface area contributed by atoms with E-state index in [1.165, 1.54) is 17.1 Å². The first-order valence-corrected chi connectivity index (χ1v) is 7.16. The quantitative estimate of drug-likeness (QED) is 0.487. The second-order valence-corrected chi connectivity index (χ2v) is 5.44. The Hall–Kier alpha value is 0.01000. The Bertz CT molecular complexity index is 291. The van der Waals surface area contributed by atoms with Gasteiger partial charge in [-0.05, 0) is 42.4 Å². The molecule has 1 aromatic rings. The molecule has 0 spiro atoms. The number of rotatable bonds is 5. The minimum atomic E-state index is 0.653. The third-order valence-corrected chi connectivity index (χ3v) is 3.84. The van der Waals surface area contributed by atoms with Crippen LogP contribution in [-0.4, -0.2) is 17.8 Å². The molecule has 0 unspecified atom stereocenters. The summed E-state index contributed by atoms with van der Waals surface area (Å²) < 4.78 is 0. The zero-order valence-electron chi connectivity index (χ0n) is 8.13. The molecule has 0 radical (unpaired) electrons. The van der Waals surface area contributed by atoms with Crippen LogP contribution >= 0.6 is 35.1 Å². The molecule has 1 rings (SSSR count). The van der Waals surface area contributed by atoms with Crippen molar-refractivity contribution in [3.05, 3.63) is 23.2 Å². The fourth-order valence-corrected chi connectivity index (χ4v) is 2.74. The van der Waals surface area contributed by atoms with Crippen LogP contribution in [0.4, 0.5) is 5.69 Å². The molecule has 1 aromatic carbocycles. The maximum Gasteiger partial charge on any atom is 0.0646 e. The summed E-state index contributed by atoms with van der Waals surface area (Å²) in [5.74, 6) is 2.36. The van der Waals surface area contributed by atoms with Crippen LogP contribution in [0.1, 0.15) is 6.42 Å². The lowest BCUT2D eigenvalue weighted by Crippen LogP contribution is -1.87. The van der Waals surface area contributed by atoms with Crippen molar-refractivity contribution in [2.75, 3.05) is 23.5 Å². The molecule has 14 heavy (non-hydrogen) atoms. The SMILES string of the molecule is CSCCCSc1ccc(N)c(Cl)c1. The summed E-state index contributed by atoms with van der Waals surface area (Å²) in [6, 6.07) is 5.81. The van der Waals surface area contributed by atoms with Crippen molar-refractivity contribution >= 4 is 40.8 Å². The van der Waals surface area contributed by atoms with Crippen molar-refractivity contribution in [1.82, 2.24) is 0 Å². The Kier molecular flexibility index (Phi) is 5.60. The first-order valence-electron chi connectivity index (χ1n) is 4.41. The van der Waals surface area contributed by atoms with E-state index in [0.717, 1.165) is 5.75 Å². The van der Waals surface area contributed by atoms with Crippen molar-refractivity contribution in [2.45, 2.75) is 11.3 Å². The summed E-state index contributed by atoms with van der Waals surface area (Å²) in [6.07, 6.45) is 3.36. The highest BCUT2D eigenvalue weighted by atomic mass is 35.5. The van der Waals surface area contributed by atoms with Crippen LogP contribution in [0.3, 0.4) is 0 Å². The normalized spacial score (nSPS) is 10.4. The molecule has 0 aliphatic rings. The lowest BCUT2D eigenvalue weighted by molar-refractivity contribution is 1.12. The van der Waals surface area contributed by atoms with E-state index in [2.05, 4.69) is 6.26 Å². The number of anilines is 1. The summed E-state index contributed by atoms with van der Waals surface area (Å²) in [7, 11) is 0. The van der Waals surface area contributed by atoms with Crippen LogP contribution in [-0.2, 0) is 0 Å². The molecule has 0 fully saturated rings. The monoisotopic (exact) mass is 247 g/mol. The van der Waals surface area contributed by atoms with Gasteiger partial charge in [-0.1, -0.05) is 11.6 Å². The zero-order chi connectivity index (χ0) is 10.4. The number of benzene rings is 1. The molecule has 0 bridgehead atoms. The van der Waals surface area contributed by atoms with E-state index in [9.17, 15) is 0 Å². The number of hydrogen-bond acceptors (Lipinski definition) is 3. The maximum atomic E-state index is 5.91. The molecule has 1 nitrogen and oxygen atoms in total. The number of thioether (sulfide) groups is 2. The second-order valence-electron chi connectivity index (χ2n) is 2.88. The average molecular weight is 248 g/mol. The molecule has 0 heterocycles. The van der Waals surface area contributed by atoms with E-state index in [4.69, 9.17) is 17.3 Å². The molecule has 4 heteroatoms. The number of nitrogens with two attached hydrogens (primary N) is 1. The van der Waals surface area contributed by atoms with Gasteiger partial charge in [-0.25, -0.2) is 0 Å². The van der Waals surface area contributed by atoms with Crippen LogP contribution in [0.5, 0.6) is 0 Å². The molecule has 0 atom stereocenters. The molecular weight excluding hydrogens is 234 g/mol. The molecule has 0 aliphatic carbocycles. The summed E-state index contributed by atoms with van der Waals surface area (Å²) in [6.45, 7) is 0. The van der Waals surface area contributed by atoms with Crippen molar-refractivity contribution in [2.24, 2.45) is 0 Å². The molecule has 2 N–H and O–H groups in total. The van der Waals surface area contributed by atoms with Crippen molar-refractivity contribution in [3.63, 3.8) is 0 Å². The Labute approximate surface area is 98.8 Å². The van der Waals surface area contributed by atoms with Crippen molar-refractivity contribution < 1.29 is 0 Å². The Morgan fingerprint density at radius 1 is 1.36 bits per heavy atom. The number of halogens is 1. The van der Waals surface area contributed by atoms with Crippen LogP contribution in [0.15, 0.2) is 23.1 Å². The minimum Gasteiger partial charge on any atom is -0.398 e. The molecule has 0 saturated heterocycles. The van der Waals surface area contributed by atoms with E-state index in [0.29, 0.717) is 10.7 Å². The minimum absolute atomic E-state index is 0.653. The van der Waals surface area contributed by atoms with Gasteiger partial charge in [-0.15, -0.1) is 11.8 Å². The second kappa shape index (κ2) is 6.49. The predicted octanol–water partition coefficient (Wildman–Crippen LogP) is 3.77. The Balaban J connectivity index is 2.39. The Morgan fingerprint density at radius 3 is 2.79 bits per heavy atom. The average Bonchev–Trinajstić information content (AvgIpc) is 2.18. The van der Waals surface area contributed by atoms with Gasteiger partial charge in [0.2, 0.25) is 0 Å². The van der Waals surface area contributed by atoms with Crippen LogP contribution < -0.4 is 5.73 Å². The molecule has 0 aromatic heterocycles. The highest BCUT2D eigenvalue weighted by molar-refractivity contribution is 7.99. The van der Waals surface area contributed by atoms with Crippen LogP contribution in [0.2, 0.25) is 5.02 Å². The lowest BCUT2D eigenvalue weighted by Gasteiger charge is -2.03. The van der Waals surface area contributed by atoms with Gasteiger partial charge in [-0.3, -0.25) is 0 Å². The molecule has 0 saturated carbocycles. The highest BCUT2D eigenvalue weighted by Gasteiger charge is 1.98. The van der Waals surface area contributed by atoms with E-state index < -0.39 is 0 Å². The fourth-order valence-electron chi connectivity index (χ4n) is 0.991. The lowest BCUT2D eigenvalue weighted by atomic mass is 10.3. The van der Waals surface area contributed by atoms with Gasteiger partial charge in [0.1, 0.15) is 0 Å². The molecule has 0 amide bonds. The van der Waals surface area contributed by atoms with Gasteiger partial charge in [0, 0.05) is 4.90 Å². The first-order chi connectivity index (χ1) is 6.74. The third-order valence-electron chi connectivity index (χ3n) is 1.73. The topological polar surface area (TPSA) is 26.0 Å². The zero-order valence-corrected chi connectivity index (χ0v) is 10.5. The van der Waals surface area contributed by atoms with Gasteiger partial charge < -0.3 is 5.73 Å². The van der Waals surface area contributed by atoms with Crippen LogP contribution in [0, 0.1) is 0 Å².